The Balaban J connectivity index is 0.00000177. The minimum absolute atomic E-state index is 0.116. The summed E-state index contributed by atoms with van der Waals surface area (Å²) in [6, 6.07) is 7.88. The first-order valence-electron chi connectivity index (χ1n) is 16.7. The van der Waals surface area contributed by atoms with Gasteiger partial charge in [0.2, 0.25) is 0 Å². The molecule has 3 heterocycles. The second kappa shape index (κ2) is 19.7. The molecule has 6 nitrogen and oxygen atoms in total. The third kappa shape index (κ3) is 11.2. The average Bonchev–Trinajstić information content (AvgIpc) is 3.00. The predicted octanol–water partition coefficient (Wildman–Crippen LogP) is 9.92. The maximum absolute atomic E-state index is 13.5. The molecule has 45 heavy (non-hydrogen) atoms. The van der Waals surface area contributed by atoms with E-state index in [4.69, 9.17) is 4.47 Å². The van der Waals surface area contributed by atoms with Crippen LogP contribution < -0.4 is 10.6 Å². The molecule has 3 aliphatic heterocycles. The van der Waals surface area contributed by atoms with E-state index in [-0.39, 0.29) is 23.4 Å². The summed E-state index contributed by atoms with van der Waals surface area (Å²) in [5, 5.41) is 6.72. The van der Waals surface area contributed by atoms with E-state index in [1.165, 1.54) is 62.5 Å². The molecule has 5 aliphatic rings. The van der Waals surface area contributed by atoms with Gasteiger partial charge in [0.05, 0.1) is 11.4 Å². The molecule has 0 spiro atoms. The van der Waals surface area contributed by atoms with Crippen LogP contribution in [0.3, 0.4) is 0 Å². The number of allylic oxidation sites excluding steroid dienone is 10. The van der Waals surface area contributed by atoms with Crippen LogP contribution >= 0.6 is 0 Å². The van der Waals surface area contributed by atoms with Crippen molar-refractivity contribution in [3.05, 3.63) is 94.4 Å². The fourth-order valence-corrected chi connectivity index (χ4v) is 6.33. The second-order valence-corrected chi connectivity index (χ2v) is 13.4. The summed E-state index contributed by atoms with van der Waals surface area (Å²) < 4.78 is 17.2. The van der Waals surface area contributed by atoms with Gasteiger partial charge in [-0.25, -0.2) is 0 Å². The number of fused-ring (bicyclic) bond motifs is 2. The predicted molar refractivity (Wildman–Crippen MR) is 179 cm³/mol. The van der Waals surface area contributed by atoms with Gasteiger partial charge in [0.15, 0.2) is 11.6 Å². The average molecular weight is 837 g/mol. The summed E-state index contributed by atoms with van der Waals surface area (Å²) >= 11 is -2.51. The second-order valence-electron chi connectivity index (χ2n) is 12.7. The van der Waals surface area contributed by atoms with Crippen molar-refractivity contribution in [1.29, 1.82) is 0 Å². The Morgan fingerprint density at radius 1 is 0.556 bits per heavy atom. The standard InChI is InChI=1S/C38H50N2O2.2O.U/c1-27(2)35-29-17-13-11-9-7-5-6-8-10-12-14-18-30-22-24-32(38(42)36(30)28(3)4)26-40-34-20-16-15-19-33(34)39-25-31(23-21-29)37(35)41;;;/h15-16,19-28,39-40H,5-14,17-18H2,1-4H3;;;/b31-25-,32-26-;;;. The third-order valence-corrected chi connectivity index (χ3v) is 8.62. The van der Waals surface area contributed by atoms with Crippen molar-refractivity contribution in [1.82, 2.24) is 0 Å². The number of nitrogens with one attached hydrogen (secondary N) is 2. The molecule has 0 saturated heterocycles. The van der Waals surface area contributed by atoms with E-state index in [0.717, 1.165) is 48.2 Å². The summed E-state index contributed by atoms with van der Waals surface area (Å²) in [4.78, 5) is 27.1. The first-order valence-corrected chi connectivity index (χ1v) is 20.1. The van der Waals surface area contributed by atoms with Crippen molar-refractivity contribution >= 4 is 22.9 Å². The van der Waals surface area contributed by atoms with Crippen LogP contribution in [0.2, 0.25) is 0 Å². The SMILES string of the molecule is CC(C)C1=C2C=C/C(=C/Nc3ccccc3N/C=C3/C=CC(=C(C(C)C)C3=O)CCCCCCCCCCCC2)C1=O.[O]=[U]=[O]. The molecular formula is C38H50N2O4U. The fraction of sp³-hybridized carbons (Fsp3) is 0.474. The van der Waals surface area contributed by atoms with Gasteiger partial charge >= 0.3 is 32.3 Å². The summed E-state index contributed by atoms with van der Waals surface area (Å²) in [6.07, 6.45) is 26.3. The van der Waals surface area contributed by atoms with E-state index < -0.39 is 27.8 Å². The Labute approximate surface area is 284 Å². The number of para-hydroxylation sites is 2. The van der Waals surface area contributed by atoms with Crippen molar-refractivity contribution in [3.63, 3.8) is 0 Å². The number of carbonyl (C=O) groups excluding carboxylic acids is 2. The quantitative estimate of drug-likeness (QED) is 0.308. The van der Waals surface area contributed by atoms with E-state index in [0.29, 0.717) is 11.1 Å². The summed E-state index contributed by atoms with van der Waals surface area (Å²) in [6.45, 7) is 8.47. The summed E-state index contributed by atoms with van der Waals surface area (Å²) in [5.74, 6) is 0.593. The first-order chi connectivity index (χ1) is 21.8. The van der Waals surface area contributed by atoms with Gasteiger partial charge in [-0.05, 0) is 73.0 Å². The molecular weight excluding hydrogens is 786 g/mol. The molecule has 0 atom stereocenters. The van der Waals surface area contributed by atoms with Crippen LogP contribution in [0, 0.1) is 39.7 Å². The molecule has 0 radical (unpaired) electrons. The van der Waals surface area contributed by atoms with Crippen LogP contribution in [0.25, 0.3) is 0 Å². The molecule has 0 amide bonds. The van der Waals surface area contributed by atoms with Gasteiger partial charge in [0.25, 0.3) is 0 Å². The van der Waals surface area contributed by atoms with E-state index in [9.17, 15) is 9.59 Å². The molecule has 1 aromatic carbocycles. The number of anilines is 2. The molecule has 6 rings (SSSR count). The fourth-order valence-electron chi connectivity index (χ4n) is 6.33. The first kappa shape index (κ1) is 36.7. The Morgan fingerprint density at radius 3 is 1.22 bits per heavy atom. The summed E-state index contributed by atoms with van der Waals surface area (Å²) in [5.41, 5.74) is 7.31. The number of Topliss-reactive ketones (excluding diaryl/α,β-unsaturated/α-hetero) is 2. The molecule has 0 aromatic heterocycles. The Bertz CT molecular complexity index is 1320. The molecule has 0 saturated carbocycles. The van der Waals surface area contributed by atoms with Crippen LogP contribution in [0.15, 0.2) is 94.4 Å². The van der Waals surface area contributed by atoms with Crippen molar-refractivity contribution in [3.8, 4) is 0 Å². The molecule has 1 aromatic rings. The molecule has 7 heteroatoms. The molecule has 2 aliphatic carbocycles. The minimum atomic E-state index is -2.51. The van der Waals surface area contributed by atoms with Crippen LogP contribution in [0.1, 0.15) is 105 Å². The van der Waals surface area contributed by atoms with Crippen molar-refractivity contribution in [2.45, 2.75) is 105 Å². The van der Waals surface area contributed by atoms with Crippen LogP contribution in [0.5, 0.6) is 0 Å². The van der Waals surface area contributed by atoms with Gasteiger partial charge in [0.1, 0.15) is 0 Å². The number of hydrogen-bond donors (Lipinski definition) is 2. The summed E-state index contributed by atoms with van der Waals surface area (Å²) in [7, 11) is 0. The maximum atomic E-state index is 13.5. The van der Waals surface area contributed by atoms with E-state index >= 15 is 0 Å². The number of carbonyl (C=O) groups is 2. The van der Waals surface area contributed by atoms with E-state index in [2.05, 4.69) is 50.5 Å². The number of benzene rings is 1. The third-order valence-electron chi connectivity index (χ3n) is 8.62. The molecule has 4 bridgehead atoms. The molecule has 2 N–H and O–H groups in total. The molecule has 0 fully saturated rings. The number of rotatable bonds is 2. The zero-order valence-corrected chi connectivity index (χ0v) is 31.7. The Morgan fingerprint density at radius 2 is 0.889 bits per heavy atom. The van der Waals surface area contributed by atoms with Crippen molar-refractivity contribution in [2.75, 3.05) is 10.6 Å². The van der Waals surface area contributed by atoms with Gasteiger partial charge in [-0.15, -0.1) is 0 Å². The van der Waals surface area contributed by atoms with Crippen molar-refractivity contribution in [2.24, 2.45) is 11.8 Å². The number of hydrogen-bond acceptors (Lipinski definition) is 6. The zero-order valence-electron chi connectivity index (χ0n) is 27.5. The topological polar surface area (TPSA) is 92.3 Å². The number of ketones is 2. The van der Waals surface area contributed by atoms with Gasteiger partial charge in [-0.1, -0.05) is 103 Å². The molecule has 0 unspecified atom stereocenters. The molecule has 240 valence electrons. The van der Waals surface area contributed by atoms with E-state index in [1.807, 2.05) is 48.8 Å². The Hall–Kier alpha value is -2.75. The monoisotopic (exact) mass is 836 g/mol. The zero-order chi connectivity index (χ0) is 32.6. The van der Waals surface area contributed by atoms with Crippen LogP contribution in [-0.4, -0.2) is 11.6 Å². The van der Waals surface area contributed by atoms with E-state index in [1.54, 1.807) is 0 Å². The Kier molecular flexibility index (Phi) is 16.1. The van der Waals surface area contributed by atoms with Gasteiger partial charge in [0, 0.05) is 34.7 Å². The van der Waals surface area contributed by atoms with Gasteiger partial charge in [-0.2, -0.15) is 0 Å². The van der Waals surface area contributed by atoms with Gasteiger partial charge < -0.3 is 10.6 Å². The van der Waals surface area contributed by atoms with Gasteiger partial charge in [-0.3, -0.25) is 9.59 Å². The normalized spacial score (nSPS) is 21.2. The van der Waals surface area contributed by atoms with Crippen LogP contribution in [0.4, 0.5) is 11.4 Å². The van der Waals surface area contributed by atoms with Crippen molar-refractivity contribution < 1.29 is 41.9 Å². The van der Waals surface area contributed by atoms with Crippen LogP contribution in [-0.2, 0) is 14.1 Å².